The summed E-state index contributed by atoms with van der Waals surface area (Å²) in [6.07, 6.45) is 2.91. The molecule has 0 aromatic carbocycles. The highest BCUT2D eigenvalue weighted by Crippen LogP contribution is 2.31. The molecule has 0 bridgehead atoms. The van der Waals surface area contributed by atoms with Crippen LogP contribution in [0.25, 0.3) is 0 Å². The van der Waals surface area contributed by atoms with Crippen molar-refractivity contribution in [3.8, 4) is 0 Å². The molecule has 0 aromatic rings. The summed E-state index contributed by atoms with van der Waals surface area (Å²) in [5, 5.41) is 0. The highest BCUT2D eigenvalue weighted by molar-refractivity contribution is 4.88. The SMILES string of the molecule is CC.CCN1CCC2(CC1)C[NH+](C)C2. The summed E-state index contributed by atoms with van der Waals surface area (Å²) in [5.74, 6) is 0. The molecule has 0 aliphatic carbocycles. The van der Waals surface area contributed by atoms with Gasteiger partial charge in [-0.05, 0) is 32.5 Å². The van der Waals surface area contributed by atoms with Gasteiger partial charge in [0.25, 0.3) is 0 Å². The van der Waals surface area contributed by atoms with Gasteiger partial charge in [-0.15, -0.1) is 0 Å². The zero-order valence-electron chi connectivity index (χ0n) is 10.4. The summed E-state index contributed by atoms with van der Waals surface area (Å²) in [7, 11) is 2.32. The van der Waals surface area contributed by atoms with Crippen molar-refractivity contribution in [1.82, 2.24) is 4.90 Å². The number of nitrogens with one attached hydrogen (secondary N) is 1. The summed E-state index contributed by atoms with van der Waals surface area (Å²) in [5.41, 5.74) is 0.774. The fraction of sp³-hybridized carbons (Fsp3) is 1.00. The zero-order valence-corrected chi connectivity index (χ0v) is 10.4. The van der Waals surface area contributed by atoms with Gasteiger partial charge in [0.15, 0.2) is 0 Å². The predicted molar refractivity (Wildman–Crippen MR) is 61.7 cm³/mol. The first-order valence-corrected chi connectivity index (χ1v) is 6.28. The molecular weight excluding hydrogens is 172 g/mol. The molecule has 2 rings (SSSR count). The Balaban J connectivity index is 0.000000461. The Morgan fingerprint density at radius 2 is 1.64 bits per heavy atom. The van der Waals surface area contributed by atoms with Crippen LogP contribution in [0.4, 0.5) is 0 Å². The van der Waals surface area contributed by atoms with E-state index in [0.717, 1.165) is 5.41 Å². The largest absolute Gasteiger partial charge is 0.336 e. The van der Waals surface area contributed by atoms with E-state index in [1.165, 1.54) is 45.6 Å². The van der Waals surface area contributed by atoms with Crippen LogP contribution < -0.4 is 4.90 Å². The van der Waals surface area contributed by atoms with Crippen molar-refractivity contribution >= 4 is 0 Å². The molecule has 1 N–H and O–H groups in total. The van der Waals surface area contributed by atoms with Crippen LogP contribution in [-0.2, 0) is 0 Å². The minimum absolute atomic E-state index is 0.774. The van der Waals surface area contributed by atoms with Gasteiger partial charge in [-0.2, -0.15) is 0 Å². The van der Waals surface area contributed by atoms with E-state index in [0.29, 0.717) is 0 Å². The molecular formula is C12H27N2+. The normalized spacial score (nSPS) is 26.6. The van der Waals surface area contributed by atoms with Gasteiger partial charge >= 0.3 is 0 Å². The molecule has 0 atom stereocenters. The number of nitrogens with zero attached hydrogens (tertiary/aromatic N) is 1. The quantitative estimate of drug-likeness (QED) is 0.651. The van der Waals surface area contributed by atoms with Crippen LogP contribution in [0.2, 0.25) is 0 Å². The maximum atomic E-state index is 2.58. The monoisotopic (exact) mass is 199 g/mol. The van der Waals surface area contributed by atoms with Gasteiger partial charge in [0.2, 0.25) is 0 Å². The lowest BCUT2D eigenvalue weighted by molar-refractivity contribution is -0.944. The fourth-order valence-electron chi connectivity index (χ4n) is 2.93. The van der Waals surface area contributed by atoms with Gasteiger partial charge in [0.1, 0.15) is 0 Å². The van der Waals surface area contributed by atoms with Gasteiger partial charge in [-0.1, -0.05) is 20.8 Å². The first-order chi connectivity index (χ1) is 6.74. The lowest BCUT2D eigenvalue weighted by atomic mass is 9.72. The van der Waals surface area contributed by atoms with Gasteiger partial charge < -0.3 is 9.80 Å². The van der Waals surface area contributed by atoms with Crippen molar-refractivity contribution in [2.45, 2.75) is 33.6 Å². The van der Waals surface area contributed by atoms with E-state index >= 15 is 0 Å². The first-order valence-electron chi connectivity index (χ1n) is 6.28. The molecule has 2 saturated heterocycles. The van der Waals surface area contributed by atoms with E-state index in [1.807, 2.05) is 13.8 Å². The molecule has 2 aliphatic heterocycles. The molecule has 0 aromatic heterocycles. The first kappa shape index (κ1) is 12.0. The van der Waals surface area contributed by atoms with Crippen LogP contribution in [0.1, 0.15) is 33.6 Å². The van der Waals surface area contributed by atoms with Crippen molar-refractivity contribution in [1.29, 1.82) is 0 Å². The van der Waals surface area contributed by atoms with Gasteiger partial charge in [0.05, 0.1) is 25.6 Å². The van der Waals surface area contributed by atoms with Crippen molar-refractivity contribution in [3.63, 3.8) is 0 Å². The third-order valence-corrected chi connectivity index (χ3v) is 3.72. The number of piperidine rings is 1. The predicted octanol–water partition coefficient (Wildman–Crippen LogP) is 0.643. The Labute approximate surface area is 89.3 Å². The Hall–Kier alpha value is -0.0800. The fourth-order valence-corrected chi connectivity index (χ4v) is 2.93. The molecule has 14 heavy (non-hydrogen) atoms. The van der Waals surface area contributed by atoms with Crippen molar-refractivity contribution in [3.05, 3.63) is 0 Å². The maximum Gasteiger partial charge on any atom is 0.0881 e. The number of hydrogen-bond donors (Lipinski definition) is 1. The van der Waals surface area contributed by atoms with E-state index in [-0.39, 0.29) is 0 Å². The van der Waals surface area contributed by atoms with E-state index in [2.05, 4.69) is 18.9 Å². The molecule has 1 spiro atoms. The molecule has 2 aliphatic rings. The lowest BCUT2D eigenvalue weighted by Crippen LogP contribution is -3.20. The minimum Gasteiger partial charge on any atom is -0.336 e. The second-order valence-corrected chi connectivity index (χ2v) is 4.74. The summed E-state index contributed by atoms with van der Waals surface area (Å²) in [4.78, 5) is 4.32. The van der Waals surface area contributed by atoms with E-state index < -0.39 is 0 Å². The molecule has 2 nitrogen and oxygen atoms in total. The van der Waals surface area contributed by atoms with Crippen molar-refractivity contribution in [2.24, 2.45) is 5.41 Å². The summed E-state index contributed by atoms with van der Waals surface area (Å²) >= 11 is 0. The highest BCUT2D eigenvalue weighted by Gasteiger charge is 2.46. The molecule has 2 heteroatoms. The zero-order chi connectivity index (χ0) is 10.6. The average molecular weight is 199 g/mol. The standard InChI is InChI=1S/C10H20N2.C2H6/c1-3-12-6-4-10(5-7-12)8-11(2)9-10;1-2/h3-9H2,1-2H3;1-2H3/p+1. The van der Waals surface area contributed by atoms with Gasteiger partial charge in [-0.3, -0.25) is 0 Å². The number of hydrogen-bond acceptors (Lipinski definition) is 1. The summed E-state index contributed by atoms with van der Waals surface area (Å²) < 4.78 is 0. The number of rotatable bonds is 1. The van der Waals surface area contributed by atoms with Crippen LogP contribution in [0.3, 0.4) is 0 Å². The second-order valence-electron chi connectivity index (χ2n) is 4.74. The molecule has 84 valence electrons. The maximum absolute atomic E-state index is 2.58. The van der Waals surface area contributed by atoms with Gasteiger partial charge in [0, 0.05) is 0 Å². The third-order valence-electron chi connectivity index (χ3n) is 3.72. The Kier molecular flexibility index (Phi) is 4.39. The van der Waals surface area contributed by atoms with E-state index in [9.17, 15) is 0 Å². The molecule has 2 fully saturated rings. The van der Waals surface area contributed by atoms with Crippen LogP contribution in [-0.4, -0.2) is 44.7 Å². The third kappa shape index (κ3) is 2.48. The molecule has 0 radical (unpaired) electrons. The molecule has 0 saturated carbocycles. The number of likely N-dealkylation sites (tertiary alicyclic amines) is 2. The number of quaternary nitrogens is 1. The van der Waals surface area contributed by atoms with Crippen LogP contribution >= 0.6 is 0 Å². The Bertz CT molecular complexity index is 152. The molecule has 0 amide bonds. The molecule has 0 unspecified atom stereocenters. The Morgan fingerprint density at radius 3 is 2.00 bits per heavy atom. The van der Waals surface area contributed by atoms with Gasteiger partial charge in [-0.25, -0.2) is 0 Å². The Morgan fingerprint density at radius 1 is 1.14 bits per heavy atom. The smallest absolute Gasteiger partial charge is 0.0881 e. The molecule has 2 heterocycles. The van der Waals surface area contributed by atoms with Crippen LogP contribution in [0, 0.1) is 5.41 Å². The highest BCUT2D eigenvalue weighted by atomic mass is 15.2. The second kappa shape index (κ2) is 5.13. The van der Waals surface area contributed by atoms with Crippen molar-refractivity contribution < 1.29 is 4.90 Å². The lowest BCUT2D eigenvalue weighted by Gasteiger charge is -2.49. The van der Waals surface area contributed by atoms with E-state index in [4.69, 9.17) is 0 Å². The van der Waals surface area contributed by atoms with Crippen molar-refractivity contribution in [2.75, 3.05) is 39.8 Å². The summed E-state index contributed by atoms with van der Waals surface area (Å²) in [6, 6.07) is 0. The average Bonchev–Trinajstić information content (AvgIpc) is 2.20. The topological polar surface area (TPSA) is 7.68 Å². The minimum atomic E-state index is 0.774. The summed E-state index contributed by atoms with van der Waals surface area (Å²) in [6.45, 7) is 13.1. The van der Waals surface area contributed by atoms with Crippen LogP contribution in [0.15, 0.2) is 0 Å². The van der Waals surface area contributed by atoms with Crippen LogP contribution in [0.5, 0.6) is 0 Å². The van der Waals surface area contributed by atoms with E-state index in [1.54, 1.807) is 4.90 Å².